The highest BCUT2D eigenvalue weighted by atomic mass is 16.4. The van der Waals surface area contributed by atoms with Crippen molar-refractivity contribution in [3.8, 4) is 0 Å². The number of aromatic nitrogens is 2. The normalized spacial score (nSPS) is 18.7. The van der Waals surface area contributed by atoms with Gasteiger partial charge in [0, 0.05) is 18.2 Å². The zero-order valence-corrected chi connectivity index (χ0v) is 20.8. The minimum absolute atomic E-state index is 0.109. The molecule has 9 nitrogen and oxygen atoms in total. The highest BCUT2D eigenvalue weighted by molar-refractivity contribution is 5.99. The number of carbonyl (C=O) groups is 3. The number of carbonyl (C=O) groups excluding carboxylic acids is 3. The Morgan fingerprint density at radius 2 is 1.86 bits per heavy atom. The number of hydrogen-bond donors (Lipinski definition) is 2. The number of nitrogens with zero attached hydrogens (tertiary/aromatic N) is 2. The number of Topliss-reactive ketones (excluding diaryl/α,β-unsaturated/α-hetero) is 1. The molecule has 35 heavy (non-hydrogen) atoms. The van der Waals surface area contributed by atoms with E-state index in [1.165, 1.54) is 0 Å². The molecule has 0 spiro atoms. The van der Waals surface area contributed by atoms with E-state index >= 15 is 0 Å². The molecule has 9 heteroatoms. The molecule has 1 aliphatic rings. The van der Waals surface area contributed by atoms with Crippen molar-refractivity contribution in [1.29, 1.82) is 0 Å². The van der Waals surface area contributed by atoms with Crippen LogP contribution in [0.15, 0.2) is 39.5 Å². The van der Waals surface area contributed by atoms with Crippen LogP contribution in [0.3, 0.4) is 0 Å². The molecule has 3 rings (SSSR count). The zero-order valence-electron chi connectivity index (χ0n) is 20.8. The largest absolute Gasteiger partial charge is 0.437 e. The van der Waals surface area contributed by atoms with Gasteiger partial charge in [-0.15, -0.1) is 5.10 Å². The summed E-state index contributed by atoms with van der Waals surface area (Å²) in [5.74, 6) is -2.31. The summed E-state index contributed by atoms with van der Waals surface area (Å²) in [5, 5.41) is 9.95. The number of rotatable bonds is 11. The van der Waals surface area contributed by atoms with E-state index in [9.17, 15) is 19.2 Å². The van der Waals surface area contributed by atoms with E-state index in [0.717, 1.165) is 30.4 Å². The van der Waals surface area contributed by atoms with Gasteiger partial charge in [0.15, 0.2) is 0 Å². The van der Waals surface area contributed by atoms with Crippen LogP contribution >= 0.6 is 0 Å². The van der Waals surface area contributed by atoms with Gasteiger partial charge in [0.05, 0.1) is 12.0 Å². The molecule has 1 aliphatic carbocycles. The average Bonchev–Trinajstić information content (AvgIpc) is 3.22. The van der Waals surface area contributed by atoms with Gasteiger partial charge in [0.25, 0.3) is 11.8 Å². The average molecular weight is 485 g/mol. The van der Waals surface area contributed by atoms with Crippen LogP contribution in [0.1, 0.15) is 86.8 Å². The van der Waals surface area contributed by atoms with E-state index in [2.05, 4.69) is 15.7 Å². The van der Waals surface area contributed by atoms with Crippen molar-refractivity contribution in [2.24, 2.45) is 11.8 Å². The van der Waals surface area contributed by atoms with Crippen LogP contribution in [0.2, 0.25) is 0 Å². The molecule has 0 saturated heterocycles. The molecular formula is C26H36N4O5. The van der Waals surface area contributed by atoms with Crippen molar-refractivity contribution in [2.45, 2.75) is 84.3 Å². The quantitative estimate of drug-likeness (QED) is 0.472. The van der Waals surface area contributed by atoms with Gasteiger partial charge in [0.1, 0.15) is 0 Å². The molecule has 2 amide bonds. The molecule has 0 aliphatic heterocycles. The lowest BCUT2D eigenvalue weighted by molar-refractivity contribution is -0.127. The van der Waals surface area contributed by atoms with Crippen LogP contribution < -0.4 is 16.4 Å². The summed E-state index contributed by atoms with van der Waals surface area (Å²) >= 11 is 0. The molecule has 0 bridgehead atoms. The molecule has 2 aromatic rings. The molecule has 1 aromatic carbocycles. The summed E-state index contributed by atoms with van der Waals surface area (Å²) < 4.78 is 6.28. The SMILES string of the molecule is CCCCn1nc(C(=O)C(CC(C)C)NC(=O)[C@@H]2CCCC[C@@H]2NC(=O)c2ccccc2)oc1=O. The first-order valence-electron chi connectivity index (χ1n) is 12.6. The summed E-state index contributed by atoms with van der Waals surface area (Å²) in [6.45, 7) is 6.27. The number of unbranched alkanes of at least 4 members (excludes halogenated alkanes) is 1. The molecule has 1 saturated carbocycles. The molecule has 1 unspecified atom stereocenters. The summed E-state index contributed by atoms with van der Waals surface area (Å²) in [7, 11) is 0. The predicted octanol–water partition coefficient (Wildman–Crippen LogP) is 3.34. The first-order valence-corrected chi connectivity index (χ1v) is 12.6. The third-order valence-corrected chi connectivity index (χ3v) is 6.34. The second kappa shape index (κ2) is 12.5. The summed E-state index contributed by atoms with van der Waals surface area (Å²) in [4.78, 5) is 51.3. The highest BCUT2D eigenvalue weighted by Gasteiger charge is 2.35. The van der Waals surface area contributed by atoms with Crippen LogP contribution in [0.5, 0.6) is 0 Å². The van der Waals surface area contributed by atoms with Crippen molar-refractivity contribution in [3.63, 3.8) is 0 Å². The Labute approximate surface area is 205 Å². The van der Waals surface area contributed by atoms with Gasteiger partial charge < -0.3 is 15.1 Å². The van der Waals surface area contributed by atoms with Crippen molar-refractivity contribution in [1.82, 2.24) is 20.4 Å². The number of hydrogen-bond acceptors (Lipinski definition) is 6. The van der Waals surface area contributed by atoms with Crippen molar-refractivity contribution in [2.75, 3.05) is 0 Å². The second-order valence-electron chi connectivity index (χ2n) is 9.64. The maximum Gasteiger partial charge on any atom is 0.437 e. The lowest BCUT2D eigenvalue weighted by Crippen LogP contribution is -2.52. The molecule has 1 aromatic heterocycles. The second-order valence-corrected chi connectivity index (χ2v) is 9.64. The first-order chi connectivity index (χ1) is 16.8. The van der Waals surface area contributed by atoms with E-state index in [-0.39, 0.29) is 29.7 Å². The van der Waals surface area contributed by atoms with Crippen LogP contribution in [0, 0.1) is 11.8 Å². The van der Waals surface area contributed by atoms with Crippen LogP contribution in [-0.4, -0.2) is 39.5 Å². The standard InChI is InChI=1S/C26H36N4O5/c1-4-5-15-30-26(34)35-25(29-30)22(31)21(16-17(2)3)28-24(33)19-13-9-10-14-20(19)27-23(32)18-11-7-6-8-12-18/h6-8,11-12,17,19-21H,4-5,9-10,13-16H2,1-3H3,(H,27,32)(H,28,33)/t19-,20+,21?/m1/s1. The van der Waals surface area contributed by atoms with Gasteiger partial charge in [-0.25, -0.2) is 4.79 Å². The van der Waals surface area contributed by atoms with Crippen molar-refractivity contribution < 1.29 is 18.8 Å². The van der Waals surface area contributed by atoms with Crippen molar-refractivity contribution in [3.05, 3.63) is 52.3 Å². The predicted molar refractivity (Wildman–Crippen MR) is 131 cm³/mol. The molecule has 2 N–H and O–H groups in total. The molecular weight excluding hydrogens is 448 g/mol. The smallest absolute Gasteiger partial charge is 0.384 e. The third-order valence-electron chi connectivity index (χ3n) is 6.34. The Balaban J connectivity index is 1.73. The fourth-order valence-electron chi connectivity index (χ4n) is 4.44. The Morgan fingerprint density at radius 1 is 1.14 bits per heavy atom. The Kier molecular flexibility index (Phi) is 9.39. The van der Waals surface area contributed by atoms with E-state index in [1.807, 2.05) is 26.8 Å². The number of nitrogens with one attached hydrogen (secondary N) is 2. The van der Waals surface area contributed by atoms with E-state index in [0.29, 0.717) is 31.4 Å². The van der Waals surface area contributed by atoms with Crippen LogP contribution in [-0.2, 0) is 11.3 Å². The molecule has 1 heterocycles. The third kappa shape index (κ3) is 7.13. The minimum Gasteiger partial charge on any atom is -0.384 e. The lowest BCUT2D eigenvalue weighted by Gasteiger charge is -2.32. The lowest BCUT2D eigenvalue weighted by atomic mass is 9.83. The summed E-state index contributed by atoms with van der Waals surface area (Å²) in [6.07, 6.45) is 5.09. The maximum atomic E-state index is 13.3. The number of ketones is 1. The first kappa shape index (κ1) is 26.4. The maximum absolute atomic E-state index is 13.3. The van der Waals surface area contributed by atoms with Crippen molar-refractivity contribution >= 4 is 17.6 Å². The van der Waals surface area contributed by atoms with Gasteiger partial charge in [-0.1, -0.05) is 58.2 Å². The van der Waals surface area contributed by atoms with E-state index in [1.54, 1.807) is 24.3 Å². The Hall–Kier alpha value is -3.23. The molecule has 1 fully saturated rings. The van der Waals surface area contributed by atoms with E-state index < -0.39 is 23.5 Å². The topological polar surface area (TPSA) is 123 Å². The van der Waals surface area contributed by atoms with Crippen LogP contribution in [0.4, 0.5) is 0 Å². The Bertz CT molecular complexity index is 1060. The highest BCUT2D eigenvalue weighted by Crippen LogP contribution is 2.26. The number of aryl methyl sites for hydroxylation is 1. The van der Waals surface area contributed by atoms with Crippen LogP contribution in [0.25, 0.3) is 0 Å². The van der Waals surface area contributed by atoms with Gasteiger partial charge in [-0.3, -0.25) is 14.4 Å². The fraction of sp³-hybridized carbons (Fsp3) is 0.577. The number of amides is 2. The molecule has 190 valence electrons. The van der Waals surface area contributed by atoms with Gasteiger partial charge in [0.2, 0.25) is 11.7 Å². The van der Waals surface area contributed by atoms with Gasteiger partial charge in [-0.2, -0.15) is 4.68 Å². The zero-order chi connectivity index (χ0) is 25.4. The summed E-state index contributed by atoms with van der Waals surface area (Å²) in [5.41, 5.74) is 0.541. The van der Waals surface area contributed by atoms with Gasteiger partial charge >= 0.3 is 5.76 Å². The Morgan fingerprint density at radius 3 is 2.54 bits per heavy atom. The monoisotopic (exact) mass is 484 g/mol. The molecule has 3 atom stereocenters. The fourth-order valence-corrected chi connectivity index (χ4v) is 4.44. The summed E-state index contributed by atoms with van der Waals surface area (Å²) in [6, 6.07) is 7.71. The van der Waals surface area contributed by atoms with Gasteiger partial charge in [-0.05, 0) is 43.7 Å². The number of benzene rings is 1. The van der Waals surface area contributed by atoms with E-state index in [4.69, 9.17) is 4.42 Å². The molecule has 0 radical (unpaired) electrons. The minimum atomic E-state index is -0.868.